The highest BCUT2D eigenvalue weighted by Gasteiger charge is 2.24. The summed E-state index contributed by atoms with van der Waals surface area (Å²) in [5.74, 6) is 1.59. The SMILES string of the molecule is CC(C)c1cc(OCC(F)F)cc(C2CC2)c1. The summed E-state index contributed by atoms with van der Waals surface area (Å²) in [5, 5.41) is 0. The summed E-state index contributed by atoms with van der Waals surface area (Å²) in [6, 6.07) is 5.96. The van der Waals surface area contributed by atoms with E-state index in [1.165, 1.54) is 24.0 Å². The molecule has 0 amide bonds. The van der Waals surface area contributed by atoms with Crippen LogP contribution in [-0.4, -0.2) is 13.0 Å². The molecule has 1 aromatic carbocycles. The third-order valence-corrected chi connectivity index (χ3v) is 3.04. The Hall–Kier alpha value is -1.12. The molecule has 0 N–H and O–H groups in total. The van der Waals surface area contributed by atoms with E-state index in [4.69, 9.17) is 4.74 Å². The largest absolute Gasteiger partial charge is 0.488 e. The highest BCUT2D eigenvalue weighted by Crippen LogP contribution is 2.42. The minimum atomic E-state index is -2.41. The lowest BCUT2D eigenvalue weighted by atomic mass is 9.98. The summed E-state index contributed by atoms with van der Waals surface area (Å²) in [6.45, 7) is 3.68. The summed E-state index contributed by atoms with van der Waals surface area (Å²) in [7, 11) is 0. The molecule has 0 aliphatic heterocycles. The molecule has 1 saturated carbocycles. The topological polar surface area (TPSA) is 9.23 Å². The zero-order valence-corrected chi connectivity index (χ0v) is 10.2. The first kappa shape index (κ1) is 12.3. The van der Waals surface area contributed by atoms with Crippen LogP contribution in [-0.2, 0) is 0 Å². The van der Waals surface area contributed by atoms with Crippen molar-refractivity contribution in [3.8, 4) is 5.75 Å². The molecule has 17 heavy (non-hydrogen) atoms. The van der Waals surface area contributed by atoms with Crippen LogP contribution in [0.4, 0.5) is 8.78 Å². The summed E-state index contributed by atoms with van der Waals surface area (Å²) in [4.78, 5) is 0. The van der Waals surface area contributed by atoms with E-state index in [1.807, 2.05) is 12.1 Å². The van der Waals surface area contributed by atoms with Crippen molar-refractivity contribution in [2.45, 2.75) is 45.0 Å². The summed E-state index contributed by atoms with van der Waals surface area (Å²) in [5.41, 5.74) is 2.40. The van der Waals surface area contributed by atoms with Gasteiger partial charge in [0.2, 0.25) is 0 Å². The third-order valence-electron chi connectivity index (χ3n) is 3.04. The zero-order valence-electron chi connectivity index (χ0n) is 10.2. The van der Waals surface area contributed by atoms with Gasteiger partial charge in [-0.1, -0.05) is 19.9 Å². The highest BCUT2D eigenvalue weighted by atomic mass is 19.3. The molecule has 1 aliphatic rings. The van der Waals surface area contributed by atoms with E-state index < -0.39 is 13.0 Å². The first-order chi connectivity index (χ1) is 8.06. The monoisotopic (exact) mass is 240 g/mol. The van der Waals surface area contributed by atoms with Gasteiger partial charge in [-0.05, 0) is 47.9 Å². The van der Waals surface area contributed by atoms with Crippen LogP contribution in [0.5, 0.6) is 5.75 Å². The van der Waals surface area contributed by atoms with E-state index in [1.54, 1.807) is 0 Å². The Morgan fingerprint density at radius 3 is 2.47 bits per heavy atom. The molecule has 0 saturated heterocycles. The number of hydrogen-bond donors (Lipinski definition) is 0. The smallest absolute Gasteiger partial charge is 0.272 e. The quantitative estimate of drug-likeness (QED) is 0.744. The van der Waals surface area contributed by atoms with E-state index >= 15 is 0 Å². The van der Waals surface area contributed by atoms with Crippen LogP contribution in [0.15, 0.2) is 18.2 Å². The molecule has 0 aromatic heterocycles. The van der Waals surface area contributed by atoms with Gasteiger partial charge in [0.25, 0.3) is 6.43 Å². The standard InChI is InChI=1S/C14H18F2O/c1-9(2)11-5-12(10-3-4-10)7-13(6-11)17-8-14(15)16/h5-7,9-10,14H,3-4,8H2,1-2H3. The fourth-order valence-corrected chi connectivity index (χ4v) is 1.87. The van der Waals surface area contributed by atoms with Crippen molar-refractivity contribution < 1.29 is 13.5 Å². The van der Waals surface area contributed by atoms with E-state index in [0.29, 0.717) is 17.6 Å². The third kappa shape index (κ3) is 3.42. The molecular formula is C14H18F2O. The molecule has 0 heterocycles. The molecule has 0 bridgehead atoms. The van der Waals surface area contributed by atoms with E-state index in [-0.39, 0.29) is 0 Å². The number of hydrogen-bond acceptors (Lipinski definition) is 1. The fourth-order valence-electron chi connectivity index (χ4n) is 1.87. The molecule has 2 rings (SSSR count). The molecule has 0 unspecified atom stereocenters. The predicted molar refractivity (Wildman–Crippen MR) is 64.0 cm³/mol. The van der Waals surface area contributed by atoms with Gasteiger partial charge in [0.05, 0.1) is 0 Å². The minimum Gasteiger partial charge on any atom is -0.488 e. The van der Waals surface area contributed by atoms with Crippen molar-refractivity contribution in [2.24, 2.45) is 0 Å². The molecule has 94 valence electrons. The van der Waals surface area contributed by atoms with Crippen LogP contribution in [0.1, 0.15) is 49.7 Å². The average Bonchev–Trinajstić information content (AvgIpc) is 3.09. The predicted octanol–water partition coefficient (Wildman–Crippen LogP) is 4.33. The Kier molecular flexibility index (Phi) is 3.65. The second kappa shape index (κ2) is 5.03. The van der Waals surface area contributed by atoms with Gasteiger partial charge in [-0.15, -0.1) is 0 Å². The van der Waals surface area contributed by atoms with Crippen LogP contribution < -0.4 is 4.74 Å². The van der Waals surface area contributed by atoms with Crippen molar-refractivity contribution in [3.63, 3.8) is 0 Å². The van der Waals surface area contributed by atoms with Gasteiger partial charge in [-0.25, -0.2) is 8.78 Å². The summed E-state index contributed by atoms with van der Waals surface area (Å²) >= 11 is 0. The molecule has 1 aromatic rings. The van der Waals surface area contributed by atoms with Gasteiger partial charge in [0.1, 0.15) is 12.4 Å². The normalized spacial score (nSPS) is 15.6. The lowest BCUT2D eigenvalue weighted by molar-refractivity contribution is 0.0818. The molecule has 1 aliphatic carbocycles. The zero-order chi connectivity index (χ0) is 12.4. The van der Waals surface area contributed by atoms with E-state index in [9.17, 15) is 8.78 Å². The fraction of sp³-hybridized carbons (Fsp3) is 0.571. The second-order valence-electron chi connectivity index (χ2n) is 4.97. The molecular weight excluding hydrogens is 222 g/mol. The number of halogens is 2. The Morgan fingerprint density at radius 2 is 1.94 bits per heavy atom. The summed E-state index contributed by atoms with van der Waals surface area (Å²) in [6.07, 6.45) is -0.00634. The van der Waals surface area contributed by atoms with E-state index in [2.05, 4.69) is 19.9 Å². The van der Waals surface area contributed by atoms with Crippen LogP contribution in [0, 0.1) is 0 Å². The van der Waals surface area contributed by atoms with Crippen molar-refractivity contribution in [1.29, 1.82) is 0 Å². The van der Waals surface area contributed by atoms with Gasteiger partial charge >= 0.3 is 0 Å². The second-order valence-corrected chi connectivity index (χ2v) is 4.97. The van der Waals surface area contributed by atoms with E-state index in [0.717, 1.165) is 0 Å². The Balaban J connectivity index is 2.18. The molecule has 0 spiro atoms. The lowest BCUT2D eigenvalue weighted by Gasteiger charge is -2.12. The molecule has 1 fully saturated rings. The molecule has 1 nitrogen and oxygen atoms in total. The van der Waals surface area contributed by atoms with Gasteiger partial charge in [0.15, 0.2) is 0 Å². The Labute approximate surface area is 101 Å². The number of alkyl halides is 2. The molecule has 3 heteroatoms. The van der Waals surface area contributed by atoms with Crippen molar-refractivity contribution >= 4 is 0 Å². The maximum atomic E-state index is 12.1. The lowest BCUT2D eigenvalue weighted by Crippen LogP contribution is -2.07. The Bertz CT molecular complexity index is 364. The number of ether oxygens (including phenoxy) is 1. The van der Waals surface area contributed by atoms with Gasteiger partial charge in [-0.2, -0.15) is 0 Å². The van der Waals surface area contributed by atoms with Crippen LogP contribution in [0.25, 0.3) is 0 Å². The maximum absolute atomic E-state index is 12.1. The van der Waals surface area contributed by atoms with Crippen molar-refractivity contribution in [2.75, 3.05) is 6.61 Å². The number of rotatable bonds is 5. The van der Waals surface area contributed by atoms with Crippen LogP contribution in [0.3, 0.4) is 0 Å². The first-order valence-electron chi connectivity index (χ1n) is 6.12. The van der Waals surface area contributed by atoms with Gasteiger partial charge in [0, 0.05) is 0 Å². The highest BCUT2D eigenvalue weighted by molar-refractivity contribution is 5.39. The van der Waals surface area contributed by atoms with Gasteiger partial charge in [-0.3, -0.25) is 0 Å². The van der Waals surface area contributed by atoms with Crippen molar-refractivity contribution in [1.82, 2.24) is 0 Å². The molecule has 0 radical (unpaired) electrons. The summed E-state index contributed by atoms with van der Waals surface area (Å²) < 4.78 is 29.4. The van der Waals surface area contributed by atoms with Crippen LogP contribution >= 0.6 is 0 Å². The number of benzene rings is 1. The Morgan fingerprint density at radius 1 is 1.24 bits per heavy atom. The van der Waals surface area contributed by atoms with Crippen LogP contribution in [0.2, 0.25) is 0 Å². The average molecular weight is 240 g/mol. The minimum absolute atomic E-state index is 0.391. The first-order valence-corrected chi connectivity index (χ1v) is 6.12. The van der Waals surface area contributed by atoms with Gasteiger partial charge < -0.3 is 4.74 Å². The van der Waals surface area contributed by atoms with Crippen molar-refractivity contribution in [3.05, 3.63) is 29.3 Å². The molecule has 0 atom stereocenters. The maximum Gasteiger partial charge on any atom is 0.272 e.